The number of amides is 1. The number of benzene rings is 2. The first-order valence-electron chi connectivity index (χ1n) is 9.09. The second-order valence-corrected chi connectivity index (χ2v) is 8.07. The molecule has 0 saturated carbocycles. The van der Waals surface area contributed by atoms with Gasteiger partial charge in [-0.05, 0) is 55.5 Å². The molecule has 2 aromatic carbocycles. The second kappa shape index (κ2) is 9.21. The maximum absolute atomic E-state index is 12.4. The molecule has 4 nitrogen and oxygen atoms in total. The number of nitrogens with two attached hydrogens (primary N) is 1. The lowest BCUT2D eigenvalue weighted by Crippen LogP contribution is -2.43. The van der Waals surface area contributed by atoms with E-state index in [1.165, 1.54) is 10.5 Å². The van der Waals surface area contributed by atoms with Crippen LogP contribution in [-0.2, 0) is 9.53 Å². The van der Waals surface area contributed by atoms with Crippen LogP contribution >= 0.6 is 11.8 Å². The molecule has 0 radical (unpaired) electrons. The Morgan fingerprint density at radius 3 is 2.42 bits per heavy atom. The zero-order chi connectivity index (χ0) is 18.4. The molecule has 1 aliphatic heterocycles. The zero-order valence-electron chi connectivity index (χ0n) is 15.1. The standard InChI is InChI=1S/C21H26N2O2S/c1-15(26-19-5-3-2-4-6-19)16-7-9-18(10-8-16)23-21(24)20(22)17-11-13-25-14-12-17/h2-10,15,17,20H,11-14,22H2,1H3,(H,23,24). The van der Waals surface area contributed by atoms with Crippen molar-refractivity contribution in [3.63, 3.8) is 0 Å². The van der Waals surface area contributed by atoms with Crippen LogP contribution < -0.4 is 11.1 Å². The lowest BCUT2D eigenvalue weighted by Gasteiger charge is -2.26. The van der Waals surface area contributed by atoms with Gasteiger partial charge in [0.2, 0.25) is 5.91 Å². The van der Waals surface area contributed by atoms with E-state index in [1.807, 2.05) is 30.0 Å². The van der Waals surface area contributed by atoms with Crippen LogP contribution in [0.15, 0.2) is 59.5 Å². The third-order valence-corrected chi connectivity index (χ3v) is 5.95. The average molecular weight is 371 g/mol. The zero-order valence-corrected chi connectivity index (χ0v) is 15.9. The van der Waals surface area contributed by atoms with E-state index in [4.69, 9.17) is 10.5 Å². The van der Waals surface area contributed by atoms with Gasteiger partial charge >= 0.3 is 0 Å². The molecule has 3 rings (SSSR count). The van der Waals surface area contributed by atoms with Gasteiger partial charge < -0.3 is 15.8 Å². The molecule has 1 saturated heterocycles. The fourth-order valence-corrected chi connectivity index (χ4v) is 4.14. The van der Waals surface area contributed by atoms with Gasteiger partial charge in [0.15, 0.2) is 0 Å². The molecule has 1 heterocycles. The third kappa shape index (κ3) is 5.10. The Kier molecular flexibility index (Phi) is 6.72. The summed E-state index contributed by atoms with van der Waals surface area (Å²) >= 11 is 1.82. The topological polar surface area (TPSA) is 64.4 Å². The van der Waals surface area contributed by atoms with Crippen LogP contribution in [0, 0.1) is 5.92 Å². The van der Waals surface area contributed by atoms with Crippen molar-refractivity contribution in [1.29, 1.82) is 0 Å². The number of carbonyl (C=O) groups excluding carboxylic acids is 1. The van der Waals surface area contributed by atoms with E-state index in [1.54, 1.807) is 0 Å². The summed E-state index contributed by atoms with van der Waals surface area (Å²) in [5, 5.41) is 3.28. The molecule has 1 amide bonds. The number of hydrogen-bond acceptors (Lipinski definition) is 4. The van der Waals surface area contributed by atoms with E-state index in [0.717, 1.165) is 18.5 Å². The van der Waals surface area contributed by atoms with E-state index < -0.39 is 6.04 Å². The highest BCUT2D eigenvalue weighted by molar-refractivity contribution is 7.99. The van der Waals surface area contributed by atoms with Gasteiger partial charge in [0.1, 0.15) is 0 Å². The fraction of sp³-hybridized carbons (Fsp3) is 0.381. The Morgan fingerprint density at radius 1 is 1.12 bits per heavy atom. The van der Waals surface area contributed by atoms with Crippen LogP contribution in [0.5, 0.6) is 0 Å². The molecule has 26 heavy (non-hydrogen) atoms. The normalized spacial score (nSPS) is 17.5. The Bertz CT molecular complexity index is 700. The van der Waals surface area contributed by atoms with E-state index in [2.05, 4.69) is 48.6 Å². The van der Waals surface area contributed by atoms with Crippen molar-refractivity contribution in [2.45, 2.75) is 36.0 Å². The first kappa shape index (κ1) is 19.0. The van der Waals surface area contributed by atoms with Crippen LogP contribution in [0.4, 0.5) is 5.69 Å². The highest BCUT2D eigenvalue weighted by Gasteiger charge is 2.26. The largest absolute Gasteiger partial charge is 0.381 e. The molecule has 0 aromatic heterocycles. The minimum absolute atomic E-state index is 0.114. The van der Waals surface area contributed by atoms with Crippen molar-refractivity contribution in [2.75, 3.05) is 18.5 Å². The molecular weight excluding hydrogens is 344 g/mol. The van der Waals surface area contributed by atoms with Gasteiger partial charge in [0, 0.05) is 29.0 Å². The van der Waals surface area contributed by atoms with Crippen molar-refractivity contribution in [3.05, 3.63) is 60.2 Å². The van der Waals surface area contributed by atoms with Crippen molar-refractivity contribution < 1.29 is 9.53 Å². The molecular formula is C21H26N2O2S. The van der Waals surface area contributed by atoms with Crippen molar-refractivity contribution in [1.82, 2.24) is 0 Å². The van der Waals surface area contributed by atoms with E-state index in [0.29, 0.717) is 18.5 Å². The lowest BCUT2D eigenvalue weighted by atomic mass is 9.92. The second-order valence-electron chi connectivity index (χ2n) is 6.66. The van der Waals surface area contributed by atoms with E-state index >= 15 is 0 Å². The molecule has 0 bridgehead atoms. The minimum Gasteiger partial charge on any atom is -0.381 e. The monoisotopic (exact) mass is 370 g/mol. The number of rotatable bonds is 6. The highest BCUT2D eigenvalue weighted by Crippen LogP contribution is 2.34. The number of anilines is 1. The number of nitrogens with one attached hydrogen (secondary N) is 1. The summed E-state index contributed by atoms with van der Waals surface area (Å²) in [5.41, 5.74) is 8.15. The van der Waals surface area contributed by atoms with Gasteiger partial charge in [-0.3, -0.25) is 4.79 Å². The van der Waals surface area contributed by atoms with Crippen LogP contribution in [-0.4, -0.2) is 25.2 Å². The molecule has 2 atom stereocenters. The summed E-state index contributed by atoms with van der Waals surface area (Å²) in [5.74, 6) is 0.0849. The molecule has 0 spiro atoms. The molecule has 1 aliphatic rings. The minimum atomic E-state index is -0.480. The number of ether oxygens (including phenoxy) is 1. The van der Waals surface area contributed by atoms with Gasteiger partial charge in [-0.15, -0.1) is 11.8 Å². The summed E-state index contributed by atoms with van der Waals surface area (Å²) in [6, 6.07) is 17.9. The summed E-state index contributed by atoms with van der Waals surface area (Å²) in [7, 11) is 0. The number of carbonyl (C=O) groups is 1. The molecule has 2 unspecified atom stereocenters. The van der Waals surface area contributed by atoms with Crippen molar-refractivity contribution in [3.8, 4) is 0 Å². The smallest absolute Gasteiger partial charge is 0.241 e. The van der Waals surface area contributed by atoms with Gasteiger partial charge in [-0.2, -0.15) is 0 Å². The van der Waals surface area contributed by atoms with Gasteiger partial charge in [-0.25, -0.2) is 0 Å². The Balaban J connectivity index is 1.56. The van der Waals surface area contributed by atoms with Crippen molar-refractivity contribution >= 4 is 23.4 Å². The fourth-order valence-electron chi connectivity index (χ4n) is 3.12. The maximum atomic E-state index is 12.4. The summed E-state index contributed by atoms with van der Waals surface area (Å²) in [6.07, 6.45) is 1.70. The van der Waals surface area contributed by atoms with E-state index in [9.17, 15) is 4.79 Å². The summed E-state index contributed by atoms with van der Waals surface area (Å²) in [6.45, 7) is 3.57. The molecule has 5 heteroatoms. The van der Waals surface area contributed by atoms with Crippen LogP contribution in [0.3, 0.4) is 0 Å². The van der Waals surface area contributed by atoms with Crippen molar-refractivity contribution in [2.24, 2.45) is 11.7 Å². The van der Waals surface area contributed by atoms with Gasteiger partial charge in [-0.1, -0.05) is 30.3 Å². The highest BCUT2D eigenvalue weighted by atomic mass is 32.2. The molecule has 1 fully saturated rings. The Hall–Kier alpha value is -1.82. The third-order valence-electron chi connectivity index (χ3n) is 4.78. The van der Waals surface area contributed by atoms with Crippen LogP contribution in [0.1, 0.15) is 30.6 Å². The molecule has 2 aromatic rings. The summed E-state index contributed by atoms with van der Waals surface area (Å²) < 4.78 is 5.34. The van der Waals surface area contributed by atoms with Crippen LogP contribution in [0.2, 0.25) is 0 Å². The number of thioether (sulfide) groups is 1. The quantitative estimate of drug-likeness (QED) is 0.747. The summed E-state index contributed by atoms with van der Waals surface area (Å²) in [4.78, 5) is 13.6. The molecule has 3 N–H and O–H groups in total. The predicted molar refractivity (Wildman–Crippen MR) is 107 cm³/mol. The maximum Gasteiger partial charge on any atom is 0.241 e. The Labute approximate surface area is 159 Å². The first-order valence-corrected chi connectivity index (χ1v) is 9.97. The van der Waals surface area contributed by atoms with Gasteiger partial charge in [0.05, 0.1) is 6.04 Å². The van der Waals surface area contributed by atoms with Gasteiger partial charge in [0.25, 0.3) is 0 Å². The number of hydrogen-bond donors (Lipinski definition) is 2. The SMILES string of the molecule is CC(Sc1ccccc1)c1ccc(NC(=O)C(N)C2CCOCC2)cc1. The van der Waals surface area contributed by atoms with Crippen LogP contribution in [0.25, 0.3) is 0 Å². The average Bonchev–Trinajstić information content (AvgIpc) is 2.69. The lowest BCUT2D eigenvalue weighted by molar-refractivity contribution is -0.119. The molecule has 0 aliphatic carbocycles. The first-order chi connectivity index (χ1) is 12.6. The molecule has 138 valence electrons. The Morgan fingerprint density at radius 2 is 1.77 bits per heavy atom. The predicted octanol–water partition coefficient (Wildman–Crippen LogP) is 4.23. The van der Waals surface area contributed by atoms with E-state index in [-0.39, 0.29) is 11.8 Å².